The molecule has 2 aromatic rings. The minimum absolute atomic E-state index is 0.252. The molecule has 1 N–H and O–H groups in total. The lowest BCUT2D eigenvalue weighted by molar-refractivity contribution is 0.444. The number of nitrogens with one attached hydrogen (secondary N) is 1. The highest BCUT2D eigenvalue weighted by Gasteiger charge is 2.25. The van der Waals surface area contributed by atoms with Gasteiger partial charge in [0.15, 0.2) is 17.5 Å². The smallest absolute Gasteiger partial charge is 0.194 e. The summed E-state index contributed by atoms with van der Waals surface area (Å²) < 4.78 is 40.3. The van der Waals surface area contributed by atoms with E-state index in [9.17, 15) is 13.2 Å². The molecule has 0 saturated heterocycles. The Kier molecular flexibility index (Phi) is 3.01. The molecule has 0 aliphatic carbocycles. The van der Waals surface area contributed by atoms with Crippen molar-refractivity contribution in [1.82, 2.24) is 0 Å². The molecule has 19 heavy (non-hydrogen) atoms. The number of benzene rings is 2. The molecular formula is C14H9BrF3N. The lowest BCUT2D eigenvalue weighted by atomic mass is 10.0. The van der Waals surface area contributed by atoms with Gasteiger partial charge in [-0.15, -0.1) is 0 Å². The molecule has 3 rings (SSSR count). The minimum Gasteiger partial charge on any atom is -0.377 e. The third-order valence-corrected chi connectivity index (χ3v) is 3.91. The van der Waals surface area contributed by atoms with Gasteiger partial charge in [0.2, 0.25) is 0 Å². The van der Waals surface area contributed by atoms with Crippen molar-refractivity contribution in [3.8, 4) is 0 Å². The standard InChI is InChI=1S/C14H9BrF3N/c15-9-3-1-2-7-6-12(19-14(7)9)8-4-10(16)13(18)11(17)5-8/h1-5,12,19H,6H2. The SMILES string of the molecule is Fc1cc(C2Cc3cccc(Br)c3N2)cc(F)c1F. The third kappa shape index (κ3) is 2.12. The molecule has 0 bridgehead atoms. The van der Waals surface area contributed by atoms with Crippen molar-refractivity contribution in [2.24, 2.45) is 0 Å². The second-order valence-corrected chi connectivity index (χ2v) is 5.33. The van der Waals surface area contributed by atoms with Gasteiger partial charge in [0.1, 0.15) is 0 Å². The lowest BCUT2D eigenvalue weighted by Crippen LogP contribution is -2.08. The predicted molar refractivity (Wildman–Crippen MR) is 70.5 cm³/mol. The summed E-state index contributed by atoms with van der Waals surface area (Å²) in [6.45, 7) is 0. The van der Waals surface area contributed by atoms with Gasteiger partial charge in [-0.3, -0.25) is 0 Å². The summed E-state index contributed by atoms with van der Waals surface area (Å²) in [7, 11) is 0. The van der Waals surface area contributed by atoms with Gasteiger partial charge in [0.05, 0.1) is 11.7 Å². The zero-order valence-electron chi connectivity index (χ0n) is 9.68. The number of hydrogen-bond donors (Lipinski definition) is 1. The minimum atomic E-state index is -1.43. The molecular weight excluding hydrogens is 319 g/mol. The second-order valence-electron chi connectivity index (χ2n) is 4.47. The summed E-state index contributed by atoms with van der Waals surface area (Å²) in [5.41, 5.74) is 2.38. The van der Waals surface area contributed by atoms with Crippen LogP contribution in [-0.4, -0.2) is 0 Å². The molecule has 1 unspecified atom stereocenters. The molecule has 5 heteroatoms. The number of hydrogen-bond acceptors (Lipinski definition) is 1. The van der Waals surface area contributed by atoms with Gasteiger partial charge >= 0.3 is 0 Å². The summed E-state index contributed by atoms with van der Waals surface area (Å²) in [4.78, 5) is 0. The van der Waals surface area contributed by atoms with Crippen molar-refractivity contribution in [2.45, 2.75) is 12.5 Å². The van der Waals surface area contributed by atoms with Crippen LogP contribution in [0.15, 0.2) is 34.8 Å². The molecule has 0 saturated carbocycles. The molecule has 0 radical (unpaired) electrons. The molecule has 0 fully saturated rings. The van der Waals surface area contributed by atoms with Gasteiger partial charge in [0.25, 0.3) is 0 Å². The molecule has 1 nitrogen and oxygen atoms in total. The Bertz CT molecular complexity index is 634. The predicted octanol–water partition coefficient (Wildman–Crippen LogP) is 4.58. The van der Waals surface area contributed by atoms with Gasteiger partial charge in [-0.05, 0) is 51.7 Å². The fourth-order valence-electron chi connectivity index (χ4n) is 2.32. The zero-order valence-corrected chi connectivity index (χ0v) is 11.3. The number of anilines is 1. The quantitative estimate of drug-likeness (QED) is 0.756. The summed E-state index contributed by atoms with van der Waals surface area (Å²) >= 11 is 3.42. The van der Waals surface area contributed by atoms with Crippen LogP contribution < -0.4 is 5.32 Å². The van der Waals surface area contributed by atoms with Crippen molar-refractivity contribution < 1.29 is 13.2 Å². The molecule has 1 aliphatic rings. The largest absolute Gasteiger partial charge is 0.377 e. The maximum atomic E-state index is 13.2. The molecule has 1 atom stereocenters. The van der Waals surface area contributed by atoms with E-state index in [1.807, 2.05) is 18.2 Å². The number of fused-ring (bicyclic) bond motifs is 1. The summed E-state index contributed by atoms with van der Waals surface area (Å²) in [6, 6.07) is 7.56. The molecule has 1 aliphatic heterocycles. The van der Waals surface area contributed by atoms with Crippen LogP contribution >= 0.6 is 15.9 Å². The Morgan fingerprint density at radius 1 is 1.11 bits per heavy atom. The van der Waals surface area contributed by atoms with Crippen molar-refractivity contribution >= 4 is 21.6 Å². The Hall–Kier alpha value is -1.49. The highest BCUT2D eigenvalue weighted by molar-refractivity contribution is 9.10. The first kappa shape index (κ1) is 12.5. The molecule has 1 heterocycles. The normalized spacial score (nSPS) is 17.2. The number of rotatable bonds is 1. The first-order valence-electron chi connectivity index (χ1n) is 5.74. The fraction of sp³-hybridized carbons (Fsp3) is 0.143. The average Bonchev–Trinajstić information content (AvgIpc) is 2.81. The number of para-hydroxylation sites is 1. The van der Waals surface area contributed by atoms with Gasteiger partial charge in [0, 0.05) is 4.47 Å². The third-order valence-electron chi connectivity index (χ3n) is 3.25. The van der Waals surface area contributed by atoms with Gasteiger partial charge in [-0.1, -0.05) is 12.1 Å². The summed E-state index contributed by atoms with van der Waals surface area (Å²) in [5.74, 6) is -3.75. The molecule has 0 aromatic heterocycles. The lowest BCUT2D eigenvalue weighted by Gasteiger charge is -2.12. The van der Waals surface area contributed by atoms with E-state index >= 15 is 0 Å². The van der Waals surface area contributed by atoms with E-state index < -0.39 is 17.5 Å². The summed E-state index contributed by atoms with van der Waals surface area (Å²) in [5, 5.41) is 3.19. The van der Waals surface area contributed by atoms with E-state index in [0.29, 0.717) is 12.0 Å². The van der Waals surface area contributed by atoms with Crippen LogP contribution in [0, 0.1) is 17.5 Å². The molecule has 2 aromatic carbocycles. The van der Waals surface area contributed by atoms with Gasteiger partial charge < -0.3 is 5.32 Å². The van der Waals surface area contributed by atoms with Crippen LogP contribution in [0.1, 0.15) is 17.2 Å². The van der Waals surface area contributed by atoms with Gasteiger partial charge in [-0.2, -0.15) is 0 Å². The zero-order chi connectivity index (χ0) is 13.6. The van der Waals surface area contributed by atoms with Crippen molar-refractivity contribution in [1.29, 1.82) is 0 Å². The van der Waals surface area contributed by atoms with E-state index in [1.165, 1.54) is 0 Å². The van der Waals surface area contributed by atoms with Crippen LogP contribution in [0.2, 0.25) is 0 Å². The van der Waals surface area contributed by atoms with E-state index in [4.69, 9.17) is 0 Å². The van der Waals surface area contributed by atoms with Crippen molar-refractivity contribution in [3.63, 3.8) is 0 Å². The first-order chi connectivity index (χ1) is 9.06. The maximum absolute atomic E-state index is 13.2. The van der Waals surface area contributed by atoms with Crippen LogP contribution in [0.4, 0.5) is 18.9 Å². The molecule has 98 valence electrons. The highest BCUT2D eigenvalue weighted by atomic mass is 79.9. The second kappa shape index (κ2) is 4.56. The Morgan fingerprint density at radius 2 is 1.79 bits per heavy atom. The van der Waals surface area contributed by atoms with Crippen LogP contribution in [0.3, 0.4) is 0 Å². The Balaban J connectivity index is 1.97. The first-order valence-corrected chi connectivity index (χ1v) is 6.54. The van der Waals surface area contributed by atoms with Crippen LogP contribution in [0.25, 0.3) is 0 Å². The van der Waals surface area contributed by atoms with Crippen molar-refractivity contribution in [3.05, 3.63) is 63.4 Å². The van der Waals surface area contributed by atoms with E-state index in [2.05, 4.69) is 21.2 Å². The molecule has 0 spiro atoms. The Morgan fingerprint density at radius 3 is 2.42 bits per heavy atom. The van der Waals surface area contributed by atoms with E-state index in [1.54, 1.807) is 0 Å². The average molecular weight is 328 g/mol. The Labute approximate surface area is 116 Å². The summed E-state index contributed by atoms with van der Waals surface area (Å²) in [6.07, 6.45) is 0.610. The van der Waals surface area contributed by atoms with E-state index in [-0.39, 0.29) is 6.04 Å². The maximum Gasteiger partial charge on any atom is 0.194 e. The fourth-order valence-corrected chi connectivity index (χ4v) is 2.84. The van der Waals surface area contributed by atoms with E-state index in [0.717, 1.165) is 27.9 Å². The number of halogens is 4. The molecule has 0 amide bonds. The monoisotopic (exact) mass is 327 g/mol. The van der Waals surface area contributed by atoms with Crippen LogP contribution in [-0.2, 0) is 6.42 Å². The van der Waals surface area contributed by atoms with Crippen LogP contribution in [0.5, 0.6) is 0 Å². The van der Waals surface area contributed by atoms with Gasteiger partial charge in [-0.25, -0.2) is 13.2 Å². The van der Waals surface area contributed by atoms with Crippen molar-refractivity contribution in [2.75, 3.05) is 5.32 Å². The highest BCUT2D eigenvalue weighted by Crippen LogP contribution is 2.39. The topological polar surface area (TPSA) is 12.0 Å².